The summed E-state index contributed by atoms with van der Waals surface area (Å²) in [5.74, 6) is 0.234. The number of methoxy groups -OCH3 is 1. The van der Waals surface area contributed by atoms with Crippen molar-refractivity contribution in [3.05, 3.63) is 57.4 Å². The predicted octanol–water partition coefficient (Wildman–Crippen LogP) is 4.57. The van der Waals surface area contributed by atoms with Gasteiger partial charge in [0.25, 0.3) is 5.91 Å². The highest BCUT2D eigenvalue weighted by atomic mass is 79.9. The summed E-state index contributed by atoms with van der Waals surface area (Å²) in [7, 11) is 1.48. The maximum atomic E-state index is 12.7. The lowest BCUT2D eigenvalue weighted by Gasteiger charge is -2.14. The van der Waals surface area contributed by atoms with Crippen molar-refractivity contribution in [1.29, 1.82) is 0 Å². The largest absolute Gasteiger partial charge is 0.504 e. The van der Waals surface area contributed by atoms with E-state index in [9.17, 15) is 9.90 Å². The van der Waals surface area contributed by atoms with Crippen molar-refractivity contribution < 1.29 is 14.6 Å². The number of benzene rings is 2. The van der Waals surface area contributed by atoms with Crippen LogP contribution in [-0.2, 0) is 4.79 Å². The summed E-state index contributed by atoms with van der Waals surface area (Å²) in [6.45, 7) is 0. The maximum absolute atomic E-state index is 12.7. The van der Waals surface area contributed by atoms with Crippen LogP contribution in [0.3, 0.4) is 0 Å². The molecule has 1 fully saturated rings. The van der Waals surface area contributed by atoms with Gasteiger partial charge in [-0.15, -0.1) is 0 Å². The number of carbonyl (C=O) groups excluding carboxylic acids is 1. The van der Waals surface area contributed by atoms with E-state index in [4.69, 9.17) is 17.0 Å². The van der Waals surface area contributed by atoms with Gasteiger partial charge in [-0.2, -0.15) is 0 Å². The summed E-state index contributed by atoms with van der Waals surface area (Å²) in [6, 6.07) is 12.3. The highest BCUT2D eigenvalue weighted by molar-refractivity contribution is 9.10. The Balaban J connectivity index is 1.94. The average Bonchev–Trinajstić information content (AvgIpc) is 2.83. The van der Waals surface area contributed by atoms with Crippen LogP contribution in [0.4, 0.5) is 5.69 Å². The molecular weight excluding hydrogens is 410 g/mol. The van der Waals surface area contributed by atoms with Crippen molar-refractivity contribution >= 4 is 61.9 Å². The fourth-order valence-corrected chi connectivity index (χ4v) is 3.93. The minimum Gasteiger partial charge on any atom is -0.504 e. The van der Waals surface area contributed by atoms with Gasteiger partial charge in [-0.1, -0.05) is 52.0 Å². The average molecular weight is 422 g/mol. The van der Waals surface area contributed by atoms with E-state index in [0.717, 1.165) is 15.7 Å². The van der Waals surface area contributed by atoms with Crippen molar-refractivity contribution in [3.8, 4) is 11.5 Å². The second-order valence-electron chi connectivity index (χ2n) is 4.93. The Labute approximate surface area is 157 Å². The van der Waals surface area contributed by atoms with E-state index in [1.54, 1.807) is 18.2 Å². The van der Waals surface area contributed by atoms with Gasteiger partial charge >= 0.3 is 0 Å². The molecule has 1 aliphatic rings. The topological polar surface area (TPSA) is 49.8 Å². The Morgan fingerprint density at radius 1 is 1.29 bits per heavy atom. The number of hydrogen-bond acceptors (Lipinski definition) is 5. The lowest BCUT2D eigenvalue weighted by atomic mass is 10.2. The maximum Gasteiger partial charge on any atom is 0.270 e. The molecule has 1 saturated heterocycles. The molecule has 0 saturated carbocycles. The number of nitrogens with zero attached hydrogens (tertiary/aromatic N) is 1. The quantitative estimate of drug-likeness (QED) is 0.580. The molecule has 1 amide bonds. The number of rotatable bonds is 3. The fourth-order valence-electron chi connectivity index (χ4n) is 2.24. The third kappa shape index (κ3) is 3.33. The van der Waals surface area contributed by atoms with Gasteiger partial charge in [-0.25, -0.2) is 0 Å². The summed E-state index contributed by atoms with van der Waals surface area (Å²) in [4.78, 5) is 14.7. The van der Waals surface area contributed by atoms with E-state index in [-0.39, 0.29) is 11.7 Å². The first kappa shape index (κ1) is 17.0. The molecule has 2 aromatic rings. The number of hydrogen-bond donors (Lipinski definition) is 1. The standard InChI is InChI=1S/C17H12BrNO3S2/c1-22-14-7-10(5-6-13(14)20)8-15-16(21)19(17(23)24-15)12-4-2-3-11(18)9-12/h2-9,20H,1H3. The third-order valence-electron chi connectivity index (χ3n) is 3.36. The van der Waals surface area contributed by atoms with Crippen LogP contribution in [0.2, 0.25) is 0 Å². The minimum atomic E-state index is -0.171. The first-order valence-electron chi connectivity index (χ1n) is 6.90. The van der Waals surface area contributed by atoms with Crippen LogP contribution in [0.25, 0.3) is 6.08 Å². The van der Waals surface area contributed by atoms with E-state index in [0.29, 0.717) is 15.0 Å². The Hall–Kier alpha value is -1.83. The molecule has 0 radical (unpaired) electrons. The number of anilines is 1. The van der Waals surface area contributed by atoms with Gasteiger partial charge < -0.3 is 9.84 Å². The van der Waals surface area contributed by atoms with E-state index >= 15 is 0 Å². The number of phenolic OH excluding ortho intramolecular Hbond substituents is 1. The van der Waals surface area contributed by atoms with Crippen LogP contribution in [0, 0.1) is 0 Å². The molecule has 2 aromatic carbocycles. The van der Waals surface area contributed by atoms with Gasteiger partial charge in [0, 0.05) is 4.47 Å². The van der Waals surface area contributed by atoms with Crippen LogP contribution in [-0.4, -0.2) is 22.4 Å². The fraction of sp³-hybridized carbons (Fsp3) is 0.0588. The van der Waals surface area contributed by atoms with Gasteiger partial charge in [0.2, 0.25) is 0 Å². The number of halogens is 1. The van der Waals surface area contributed by atoms with Crippen LogP contribution in [0.15, 0.2) is 51.8 Å². The molecular formula is C17H12BrNO3S2. The molecule has 24 heavy (non-hydrogen) atoms. The van der Waals surface area contributed by atoms with Crippen molar-refractivity contribution in [2.75, 3.05) is 12.0 Å². The molecule has 7 heteroatoms. The zero-order valence-electron chi connectivity index (χ0n) is 12.5. The second kappa shape index (κ2) is 6.96. The molecule has 0 bridgehead atoms. The van der Waals surface area contributed by atoms with Crippen LogP contribution >= 0.6 is 39.9 Å². The number of thioether (sulfide) groups is 1. The lowest BCUT2D eigenvalue weighted by Crippen LogP contribution is -2.27. The summed E-state index contributed by atoms with van der Waals surface area (Å²) in [5.41, 5.74) is 1.47. The Morgan fingerprint density at radius 2 is 2.08 bits per heavy atom. The molecule has 122 valence electrons. The molecule has 0 aromatic heterocycles. The summed E-state index contributed by atoms with van der Waals surface area (Å²) < 4.78 is 6.45. The predicted molar refractivity (Wildman–Crippen MR) is 104 cm³/mol. The van der Waals surface area contributed by atoms with Crippen LogP contribution < -0.4 is 9.64 Å². The Kier molecular flexibility index (Phi) is 4.93. The van der Waals surface area contributed by atoms with Crippen molar-refractivity contribution in [1.82, 2.24) is 0 Å². The minimum absolute atomic E-state index is 0.0522. The molecule has 0 atom stereocenters. The normalized spacial score (nSPS) is 16.1. The van der Waals surface area contributed by atoms with E-state index in [2.05, 4.69) is 15.9 Å². The van der Waals surface area contributed by atoms with Crippen molar-refractivity contribution in [2.45, 2.75) is 0 Å². The molecule has 3 rings (SSSR count). The highest BCUT2D eigenvalue weighted by Gasteiger charge is 2.33. The number of thiocarbonyl (C=S) groups is 1. The summed E-state index contributed by atoms with van der Waals surface area (Å²) in [6.07, 6.45) is 1.74. The van der Waals surface area contributed by atoms with Crippen molar-refractivity contribution in [3.63, 3.8) is 0 Å². The van der Waals surface area contributed by atoms with Crippen LogP contribution in [0.5, 0.6) is 11.5 Å². The monoisotopic (exact) mass is 421 g/mol. The van der Waals surface area contributed by atoms with E-state index in [1.807, 2.05) is 24.3 Å². The SMILES string of the molecule is COc1cc(C=C2SC(=S)N(c3cccc(Br)c3)C2=O)ccc1O. The third-order valence-corrected chi connectivity index (χ3v) is 5.16. The lowest BCUT2D eigenvalue weighted by molar-refractivity contribution is -0.113. The van der Waals surface area contributed by atoms with Gasteiger partial charge in [-0.05, 0) is 42.0 Å². The molecule has 4 nitrogen and oxygen atoms in total. The molecule has 0 aliphatic carbocycles. The first-order chi connectivity index (χ1) is 11.5. The number of aromatic hydroxyl groups is 1. The Morgan fingerprint density at radius 3 is 2.79 bits per heavy atom. The van der Waals surface area contributed by atoms with E-state index < -0.39 is 0 Å². The molecule has 0 unspecified atom stereocenters. The zero-order valence-corrected chi connectivity index (χ0v) is 15.7. The smallest absolute Gasteiger partial charge is 0.270 e. The number of ether oxygens (including phenoxy) is 1. The second-order valence-corrected chi connectivity index (χ2v) is 7.52. The number of phenols is 1. The van der Waals surface area contributed by atoms with Crippen LogP contribution in [0.1, 0.15) is 5.56 Å². The van der Waals surface area contributed by atoms with Gasteiger partial charge in [0.05, 0.1) is 17.7 Å². The zero-order chi connectivity index (χ0) is 17.3. The molecule has 1 heterocycles. The molecule has 1 aliphatic heterocycles. The summed E-state index contributed by atoms with van der Waals surface area (Å²) >= 11 is 10.00. The Bertz CT molecular complexity index is 867. The van der Waals surface area contributed by atoms with Gasteiger partial charge in [0.1, 0.15) is 0 Å². The summed E-state index contributed by atoms with van der Waals surface area (Å²) in [5, 5.41) is 9.66. The molecule has 1 N–H and O–H groups in total. The van der Waals surface area contributed by atoms with Gasteiger partial charge in [0.15, 0.2) is 15.8 Å². The highest BCUT2D eigenvalue weighted by Crippen LogP contribution is 2.37. The molecule has 0 spiro atoms. The van der Waals surface area contributed by atoms with E-state index in [1.165, 1.54) is 29.8 Å². The number of carbonyl (C=O) groups is 1. The number of amides is 1. The first-order valence-corrected chi connectivity index (χ1v) is 8.92. The van der Waals surface area contributed by atoms with Crippen molar-refractivity contribution in [2.24, 2.45) is 0 Å². The van der Waals surface area contributed by atoms with Gasteiger partial charge in [-0.3, -0.25) is 9.69 Å².